The summed E-state index contributed by atoms with van der Waals surface area (Å²) in [5.74, 6) is 1.44. The van der Waals surface area contributed by atoms with Crippen molar-refractivity contribution in [1.82, 2.24) is 14.8 Å². The van der Waals surface area contributed by atoms with Crippen molar-refractivity contribution in [1.29, 1.82) is 0 Å². The molecule has 2 aromatic rings. The number of benzene rings is 1. The third-order valence-electron chi connectivity index (χ3n) is 3.38. The van der Waals surface area contributed by atoms with Crippen LogP contribution in [0.1, 0.15) is 55.6 Å². The third kappa shape index (κ3) is 1.72. The molecule has 1 aliphatic heterocycles. The van der Waals surface area contributed by atoms with Gasteiger partial charge in [0.15, 0.2) is 17.8 Å². The van der Waals surface area contributed by atoms with Gasteiger partial charge in [0.1, 0.15) is 0 Å². The fourth-order valence-corrected chi connectivity index (χ4v) is 2.39. The predicted molar refractivity (Wildman–Crippen MR) is 67.2 cm³/mol. The monoisotopic (exact) mass is 245 g/mol. The lowest BCUT2D eigenvalue weighted by Crippen LogP contribution is -2.08. The Kier molecular flexibility index (Phi) is 2.65. The summed E-state index contributed by atoms with van der Waals surface area (Å²) < 4.78 is 15.8. The van der Waals surface area contributed by atoms with Crippen LogP contribution in [0.5, 0.6) is 0 Å². The SMILES string of the molecule is CC(C)c1nc2n(n1)[C@H](c1ccccc1)C[C@@H]2F. The van der Waals surface area contributed by atoms with Crippen molar-refractivity contribution in [3.8, 4) is 0 Å². The minimum absolute atomic E-state index is 0.0174. The zero-order chi connectivity index (χ0) is 12.7. The second kappa shape index (κ2) is 4.19. The molecule has 1 aromatic heterocycles. The van der Waals surface area contributed by atoms with Gasteiger partial charge in [-0.1, -0.05) is 44.2 Å². The molecule has 18 heavy (non-hydrogen) atoms. The van der Waals surface area contributed by atoms with Crippen LogP contribution in [0.3, 0.4) is 0 Å². The van der Waals surface area contributed by atoms with E-state index in [2.05, 4.69) is 10.1 Å². The van der Waals surface area contributed by atoms with Gasteiger partial charge in [0, 0.05) is 12.3 Å². The van der Waals surface area contributed by atoms with Gasteiger partial charge in [-0.2, -0.15) is 5.10 Å². The van der Waals surface area contributed by atoms with Crippen molar-refractivity contribution in [2.75, 3.05) is 0 Å². The van der Waals surface area contributed by atoms with E-state index < -0.39 is 6.17 Å². The normalized spacial score (nSPS) is 22.4. The summed E-state index contributed by atoms with van der Waals surface area (Å²) in [6, 6.07) is 9.93. The summed E-state index contributed by atoms with van der Waals surface area (Å²) in [6.45, 7) is 4.05. The van der Waals surface area contributed by atoms with Crippen molar-refractivity contribution in [3.63, 3.8) is 0 Å². The Morgan fingerprint density at radius 1 is 1.28 bits per heavy atom. The fraction of sp³-hybridized carbons (Fsp3) is 0.429. The van der Waals surface area contributed by atoms with Crippen LogP contribution in [0.25, 0.3) is 0 Å². The summed E-state index contributed by atoms with van der Waals surface area (Å²) in [5.41, 5.74) is 1.10. The lowest BCUT2D eigenvalue weighted by Gasteiger charge is -2.11. The number of hydrogen-bond acceptors (Lipinski definition) is 2. The van der Waals surface area contributed by atoms with Crippen LogP contribution >= 0.6 is 0 Å². The lowest BCUT2D eigenvalue weighted by atomic mass is 10.0. The molecule has 0 fully saturated rings. The van der Waals surface area contributed by atoms with Crippen LogP contribution in [0, 0.1) is 0 Å². The second-order valence-corrected chi connectivity index (χ2v) is 5.06. The third-order valence-corrected chi connectivity index (χ3v) is 3.38. The Morgan fingerprint density at radius 3 is 2.67 bits per heavy atom. The van der Waals surface area contributed by atoms with Crippen molar-refractivity contribution in [2.24, 2.45) is 0 Å². The first kappa shape index (κ1) is 11.4. The van der Waals surface area contributed by atoms with Gasteiger partial charge in [-0.25, -0.2) is 14.1 Å². The molecule has 0 N–H and O–H groups in total. The Labute approximate surface area is 106 Å². The lowest BCUT2D eigenvalue weighted by molar-refractivity contribution is 0.327. The number of nitrogens with zero attached hydrogens (tertiary/aromatic N) is 3. The summed E-state index contributed by atoms with van der Waals surface area (Å²) in [5, 5.41) is 4.46. The minimum Gasteiger partial charge on any atom is -0.239 e. The molecule has 0 aliphatic carbocycles. The molecule has 0 saturated carbocycles. The first-order valence-corrected chi connectivity index (χ1v) is 6.32. The maximum atomic E-state index is 14.0. The first-order chi connectivity index (χ1) is 8.66. The van der Waals surface area contributed by atoms with Gasteiger partial charge in [0.25, 0.3) is 0 Å². The number of halogens is 1. The van der Waals surface area contributed by atoms with Crippen molar-refractivity contribution >= 4 is 0 Å². The zero-order valence-corrected chi connectivity index (χ0v) is 10.5. The molecule has 1 aliphatic rings. The standard InChI is InChI=1S/C14H16FN3/c1-9(2)13-16-14-11(15)8-12(18(14)17-13)10-6-4-3-5-7-10/h3-7,9,11-12H,8H2,1-2H3/t11-,12-/m0/s1. The maximum absolute atomic E-state index is 14.0. The molecule has 0 bridgehead atoms. The van der Waals surface area contributed by atoms with Gasteiger partial charge in [-0.15, -0.1) is 0 Å². The van der Waals surface area contributed by atoms with Crippen LogP contribution in [-0.4, -0.2) is 14.8 Å². The maximum Gasteiger partial charge on any atom is 0.162 e. The largest absolute Gasteiger partial charge is 0.239 e. The van der Waals surface area contributed by atoms with Gasteiger partial charge in [0.05, 0.1) is 6.04 Å². The van der Waals surface area contributed by atoms with Gasteiger partial charge in [0.2, 0.25) is 0 Å². The predicted octanol–water partition coefficient (Wildman–Crippen LogP) is 3.41. The average molecular weight is 245 g/mol. The van der Waals surface area contributed by atoms with E-state index in [0.717, 1.165) is 11.4 Å². The van der Waals surface area contributed by atoms with Gasteiger partial charge in [-0.3, -0.25) is 0 Å². The number of rotatable bonds is 2. The highest BCUT2D eigenvalue weighted by Crippen LogP contribution is 2.39. The van der Waals surface area contributed by atoms with E-state index in [4.69, 9.17) is 0 Å². The van der Waals surface area contributed by atoms with Gasteiger partial charge in [-0.05, 0) is 5.56 Å². The molecule has 0 amide bonds. The molecule has 94 valence electrons. The van der Waals surface area contributed by atoms with Gasteiger partial charge < -0.3 is 0 Å². The smallest absolute Gasteiger partial charge is 0.162 e. The minimum atomic E-state index is -1.00. The molecule has 3 nitrogen and oxygen atoms in total. The van der Waals surface area contributed by atoms with E-state index in [-0.39, 0.29) is 12.0 Å². The average Bonchev–Trinajstić information content (AvgIpc) is 2.92. The Hall–Kier alpha value is -1.71. The topological polar surface area (TPSA) is 30.7 Å². The number of aromatic nitrogens is 3. The summed E-state index contributed by atoms with van der Waals surface area (Å²) in [7, 11) is 0. The highest BCUT2D eigenvalue weighted by molar-refractivity contribution is 5.23. The molecular formula is C14H16FN3. The highest BCUT2D eigenvalue weighted by atomic mass is 19.1. The zero-order valence-electron chi connectivity index (χ0n) is 10.5. The molecule has 3 rings (SSSR count). The molecule has 0 unspecified atom stereocenters. The fourth-order valence-electron chi connectivity index (χ4n) is 2.39. The molecule has 2 atom stereocenters. The molecule has 0 radical (unpaired) electrons. The quantitative estimate of drug-likeness (QED) is 0.811. The van der Waals surface area contributed by atoms with Crippen molar-refractivity contribution < 1.29 is 4.39 Å². The van der Waals surface area contributed by atoms with E-state index in [1.54, 1.807) is 4.68 Å². The molecule has 0 saturated heterocycles. The second-order valence-electron chi connectivity index (χ2n) is 5.06. The highest BCUT2D eigenvalue weighted by Gasteiger charge is 2.35. The van der Waals surface area contributed by atoms with E-state index in [1.807, 2.05) is 44.2 Å². The first-order valence-electron chi connectivity index (χ1n) is 6.32. The molecule has 4 heteroatoms. The van der Waals surface area contributed by atoms with Crippen molar-refractivity contribution in [3.05, 3.63) is 47.5 Å². The van der Waals surface area contributed by atoms with E-state index in [0.29, 0.717) is 12.2 Å². The molecule has 0 spiro atoms. The van der Waals surface area contributed by atoms with Crippen molar-refractivity contribution in [2.45, 2.75) is 38.4 Å². The van der Waals surface area contributed by atoms with Crippen LogP contribution < -0.4 is 0 Å². The van der Waals surface area contributed by atoms with Crippen LogP contribution in [0.2, 0.25) is 0 Å². The molecule has 1 aromatic carbocycles. The van der Waals surface area contributed by atoms with E-state index in [9.17, 15) is 4.39 Å². The number of hydrogen-bond donors (Lipinski definition) is 0. The van der Waals surface area contributed by atoms with Gasteiger partial charge >= 0.3 is 0 Å². The van der Waals surface area contributed by atoms with E-state index >= 15 is 0 Å². The molecular weight excluding hydrogens is 229 g/mol. The Balaban J connectivity index is 2.03. The Bertz CT molecular complexity index is 547. The summed E-state index contributed by atoms with van der Waals surface area (Å²) >= 11 is 0. The summed E-state index contributed by atoms with van der Waals surface area (Å²) in [6.07, 6.45) is -0.562. The number of alkyl halides is 1. The van der Waals surface area contributed by atoms with Crippen LogP contribution in [0.15, 0.2) is 30.3 Å². The number of fused-ring (bicyclic) bond motifs is 1. The molecule has 2 heterocycles. The summed E-state index contributed by atoms with van der Waals surface area (Å²) in [4.78, 5) is 4.32. The van der Waals surface area contributed by atoms with Crippen LogP contribution in [-0.2, 0) is 0 Å². The van der Waals surface area contributed by atoms with Crippen LogP contribution in [0.4, 0.5) is 4.39 Å². The Morgan fingerprint density at radius 2 is 2.00 bits per heavy atom. The van der Waals surface area contributed by atoms with E-state index in [1.165, 1.54) is 0 Å².